The summed E-state index contributed by atoms with van der Waals surface area (Å²) in [5.41, 5.74) is 9.31. The molecular formula is C16H23N3OS. The second-order valence-electron chi connectivity index (χ2n) is 6.02. The number of methoxy groups -OCH3 is 1. The number of anilines is 1. The number of nitrogens with zero attached hydrogens (tertiary/aromatic N) is 1. The molecule has 0 aliphatic heterocycles. The largest absolute Gasteiger partial charge is 0.389 e. The number of thiocarbonyl (C=S) groups is 1. The summed E-state index contributed by atoms with van der Waals surface area (Å²) in [7, 11) is 1.78. The molecule has 5 heteroatoms. The summed E-state index contributed by atoms with van der Waals surface area (Å²) in [5.74, 6) is 0.845. The first-order valence-corrected chi connectivity index (χ1v) is 8.22. The summed E-state index contributed by atoms with van der Waals surface area (Å²) >= 11 is 5.22. The number of aromatic nitrogens is 1. The second-order valence-corrected chi connectivity index (χ2v) is 6.46. The first kappa shape index (κ1) is 14.7. The molecule has 2 unspecified atom stereocenters. The summed E-state index contributed by atoms with van der Waals surface area (Å²) in [5, 5.41) is 3.54. The minimum atomic E-state index is 0.252. The SMILES string of the molecule is COC1CCCC1Nc1nc2c(cc1C(N)=S)CCCC2. The molecule has 1 fully saturated rings. The number of rotatable bonds is 4. The maximum absolute atomic E-state index is 5.91. The molecular weight excluding hydrogens is 282 g/mol. The Labute approximate surface area is 131 Å². The highest BCUT2D eigenvalue weighted by atomic mass is 32.1. The van der Waals surface area contributed by atoms with Crippen LogP contribution in [0, 0.1) is 0 Å². The summed E-state index contributed by atoms with van der Waals surface area (Å²) < 4.78 is 5.55. The Hall–Kier alpha value is -1.20. The highest BCUT2D eigenvalue weighted by Gasteiger charge is 2.28. The van der Waals surface area contributed by atoms with Crippen LogP contribution in [-0.4, -0.2) is 29.2 Å². The molecule has 3 N–H and O–H groups in total. The lowest BCUT2D eigenvalue weighted by atomic mass is 9.94. The van der Waals surface area contributed by atoms with E-state index in [2.05, 4.69) is 11.4 Å². The predicted molar refractivity (Wildman–Crippen MR) is 88.8 cm³/mol. The Morgan fingerprint density at radius 3 is 2.90 bits per heavy atom. The van der Waals surface area contributed by atoms with Gasteiger partial charge >= 0.3 is 0 Å². The molecule has 0 amide bonds. The maximum atomic E-state index is 5.91. The van der Waals surface area contributed by atoms with E-state index in [1.807, 2.05) is 0 Å². The Bertz CT molecular complexity index is 547. The molecule has 0 radical (unpaired) electrons. The second kappa shape index (κ2) is 6.28. The van der Waals surface area contributed by atoms with E-state index in [0.717, 1.165) is 37.1 Å². The lowest BCUT2D eigenvalue weighted by Gasteiger charge is -2.24. The van der Waals surface area contributed by atoms with Crippen LogP contribution in [0.4, 0.5) is 5.82 Å². The standard InChI is InChI=1S/C16H23N3OS/c1-20-14-8-4-7-13(14)19-16-11(15(17)21)9-10-5-2-3-6-12(10)18-16/h9,13-14H,2-8H2,1H3,(H2,17,21)(H,18,19). The van der Waals surface area contributed by atoms with Crippen molar-refractivity contribution in [3.8, 4) is 0 Å². The van der Waals surface area contributed by atoms with E-state index < -0.39 is 0 Å². The highest BCUT2D eigenvalue weighted by molar-refractivity contribution is 7.80. The molecule has 0 spiro atoms. The number of ether oxygens (including phenoxy) is 1. The normalized spacial score (nSPS) is 24.6. The Balaban J connectivity index is 1.90. The summed E-state index contributed by atoms with van der Waals surface area (Å²) in [6.07, 6.45) is 8.23. The van der Waals surface area contributed by atoms with Crippen molar-refractivity contribution in [2.45, 2.75) is 57.1 Å². The minimum Gasteiger partial charge on any atom is -0.389 e. The van der Waals surface area contributed by atoms with Gasteiger partial charge in [0.1, 0.15) is 10.8 Å². The van der Waals surface area contributed by atoms with Crippen LogP contribution < -0.4 is 11.1 Å². The molecule has 0 bridgehead atoms. The van der Waals surface area contributed by atoms with E-state index in [1.165, 1.54) is 30.5 Å². The van der Waals surface area contributed by atoms with Crippen molar-refractivity contribution in [2.75, 3.05) is 12.4 Å². The fourth-order valence-corrected chi connectivity index (χ4v) is 3.64. The van der Waals surface area contributed by atoms with Gasteiger partial charge in [-0.15, -0.1) is 0 Å². The lowest BCUT2D eigenvalue weighted by Crippen LogP contribution is -2.31. The van der Waals surface area contributed by atoms with Gasteiger partial charge in [0, 0.05) is 12.8 Å². The van der Waals surface area contributed by atoms with Crippen molar-refractivity contribution < 1.29 is 4.74 Å². The molecule has 2 atom stereocenters. The number of nitrogens with two attached hydrogens (primary N) is 1. The molecule has 3 rings (SSSR count). The van der Waals surface area contributed by atoms with Crippen molar-refractivity contribution in [2.24, 2.45) is 5.73 Å². The monoisotopic (exact) mass is 305 g/mol. The average Bonchev–Trinajstić information content (AvgIpc) is 2.93. The third kappa shape index (κ3) is 3.04. The molecule has 1 aromatic rings. The average molecular weight is 305 g/mol. The molecule has 0 saturated heterocycles. The number of fused-ring (bicyclic) bond motifs is 1. The molecule has 114 valence electrons. The van der Waals surface area contributed by atoms with Gasteiger partial charge in [0.15, 0.2) is 0 Å². The van der Waals surface area contributed by atoms with Crippen molar-refractivity contribution >= 4 is 23.0 Å². The van der Waals surface area contributed by atoms with Gasteiger partial charge in [-0.2, -0.15) is 0 Å². The van der Waals surface area contributed by atoms with Crippen molar-refractivity contribution in [3.05, 3.63) is 22.9 Å². The van der Waals surface area contributed by atoms with Crippen LogP contribution in [0.5, 0.6) is 0 Å². The quantitative estimate of drug-likeness (QED) is 0.837. The molecule has 4 nitrogen and oxygen atoms in total. The number of nitrogens with one attached hydrogen (secondary N) is 1. The smallest absolute Gasteiger partial charge is 0.136 e. The van der Waals surface area contributed by atoms with Crippen molar-refractivity contribution in [1.29, 1.82) is 0 Å². The Morgan fingerprint density at radius 2 is 2.14 bits per heavy atom. The first-order chi connectivity index (χ1) is 10.2. The number of pyridine rings is 1. The minimum absolute atomic E-state index is 0.252. The number of aryl methyl sites for hydroxylation is 2. The molecule has 0 aromatic carbocycles. The molecule has 21 heavy (non-hydrogen) atoms. The van der Waals surface area contributed by atoms with E-state index in [9.17, 15) is 0 Å². The fourth-order valence-electron chi connectivity index (χ4n) is 3.48. The van der Waals surface area contributed by atoms with Crippen LogP contribution in [0.2, 0.25) is 0 Å². The lowest BCUT2D eigenvalue weighted by molar-refractivity contribution is 0.101. The van der Waals surface area contributed by atoms with Crippen LogP contribution in [0.25, 0.3) is 0 Å². The van der Waals surface area contributed by atoms with Crippen LogP contribution in [0.1, 0.15) is 48.9 Å². The van der Waals surface area contributed by atoms with Gasteiger partial charge < -0.3 is 15.8 Å². The zero-order chi connectivity index (χ0) is 14.8. The number of hydrogen-bond donors (Lipinski definition) is 2. The van der Waals surface area contributed by atoms with Gasteiger partial charge in [0.2, 0.25) is 0 Å². The summed E-state index contributed by atoms with van der Waals surface area (Å²) in [6, 6.07) is 2.44. The zero-order valence-corrected chi connectivity index (χ0v) is 13.3. The van der Waals surface area contributed by atoms with Gasteiger partial charge in [0.25, 0.3) is 0 Å². The number of hydrogen-bond acceptors (Lipinski definition) is 4. The zero-order valence-electron chi connectivity index (χ0n) is 12.5. The van der Waals surface area contributed by atoms with Gasteiger partial charge in [-0.05, 0) is 56.6 Å². The van der Waals surface area contributed by atoms with Crippen LogP contribution in [-0.2, 0) is 17.6 Å². The van der Waals surface area contributed by atoms with Crippen LogP contribution >= 0.6 is 12.2 Å². The van der Waals surface area contributed by atoms with Gasteiger partial charge in [-0.25, -0.2) is 4.98 Å². The summed E-state index contributed by atoms with van der Waals surface area (Å²) in [6.45, 7) is 0. The molecule has 2 aliphatic carbocycles. The van der Waals surface area contributed by atoms with Crippen molar-refractivity contribution in [3.63, 3.8) is 0 Å². The highest BCUT2D eigenvalue weighted by Crippen LogP contribution is 2.29. The summed E-state index contributed by atoms with van der Waals surface area (Å²) in [4.78, 5) is 5.25. The third-order valence-electron chi connectivity index (χ3n) is 4.64. The van der Waals surface area contributed by atoms with E-state index >= 15 is 0 Å². The van der Waals surface area contributed by atoms with Crippen LogP contribution in [0.15, 0.2) is 6.07 Å². The Morgan fingerprint density at radius 1 is 1.33 bits per heavy atom. The van der Waals surface area contributed by atoms with Gasteiger partial charge in [-0.3, -0.25) is 0 Å². The van der Waals surface area contributed by atoms with Gasteiger partial charge in [-0.1, -0.05) is 12.2 Å². The van der Waals surface area contributed by atoms with E-state index in [4.69, 9.17) is 27.7 Å². The third-order valence-corrected chi connectivity index (χ3v) is 4.86. The topological polar surface area (TPSA) is 60.2 Å². The predicted octanol–water partition coefficient (Wildman–Crippen LogP) is 2.57. The van der Waals surface area contributed by atoms with E-state index in [1.54, 1.807) is 7.11 Å². The fraction of sp³-hybridized carbons (Fsp3) is 0.625. The molecule has 1 aromatic heterocycles. The van der Waals surface area contributed by atoms with E-state index in [0.29, 0.717) is 11.0 Å². The molecule has 2 aliphatic rings. The molecule has 1 heterocycles. The molecule has 1 saturated carbocycles. The van der Waals surface area contributed by atoms with Crippen molar-refractivity contribution in [1.82, 2.24) is 4.98 Å². The first-order valence-electron chi connectivity index (χ1n) is 7.81. The van der Waals surface area contributed by atoms with Crippen LogP contribution in [0.3, 0.4) is 0 Å². The Kier molecular flexibility index (Phi) is 4.40. The maximum Gasteiger partial charge on any atom is 0.136 e. The van der Waals surface area contributed by atoms with Gasteiger partial charge in [0.05, 0.1) is 17.7 Å². The van der Waals surface area contributed by atoms with E-state index in [-0.39, 0.29) is 6.10 Å².